The summed E-state index contributed by atoms with van der Waals surface area (Å²) in [5.41, 5.74) is 0.307. The summed E-state index contributed by atoms with van der Waals surface area (Å²) in [4.78, 5) is 11.3. The summed E-state index contributed by atoms with van der Waals surface area (Å²) in [6, 6.07) is 2.98. The van der Waals surface area contributed by atoms with Crippen molar-refractivity contribution in [2.24, 2.45) is 0 Å². The minimum absolute atomic E-state index is 0.0261. The maximum Gasteiger partial charge on any atom is 0.338 e. The number of phenols is 1. The quantitative estimate of drug-likeness (QED) is 0.399. The van der Waals surface area contributed by atoms with E-state index in [2.05, 4.69) is 6.58 Å². The minimum Gasteiger partial charge on any atom is -0.504 e. The Bertz CT molecular complexity index is 440. The van der Waals surface area contributed by atoms with E-state index >= 15 is 0 Å². The highest BCUT2D eigenvalue weighted by molar-refractivity contribution is 14.1. The van der Waals surface area contributed by atoms with E-state index in [1.807, 2.05) is 22.6 Å². The van der Waals surface area contributed by atoms with Crippen LogP contribution in [0.25, 0.3) is 0 Å². The fraction of sp³-hybridized carbons (Fsp3) is 0.182. The zero-order chi connectivity index (χ0) is 12.3. The van der Waals surface area contributed by atoms with E-state index in [-0.39, 0.29) is 11.5 Å². The molecule has 0 saturated carbocycles. The van der Waals surface area contributed by atoms with Crippen LogP contribution in [0.5, 0.6) is 17.2 Å². The van der Waals surface area contributed by atoms with Crippen molar-refractivity contribution in [1.82, 2.24) is 0 Å². The standard InChI is InChI=1S/C11H11IO4/c1-6(2)11(14)16-7-4-8(12)10(13)9(5-7)15-3/h4-5,13H,1H2,2-3H3. The summed E-state index contributed by atoms with van der Waals surface area (Å²) < 4.78 is 10.5. The van der Waals surface area contributed by atoms with E-state index in [4.69, 9.17) is 9.47 Å². The van der Waals surface area contributed by atoms with E-state index in [9.17, 15) is 9.90 Å². The zero-order valence-corrected chi connectivity index (χ0v) is 11.1. The Balaban J connectivity index is 3.03. The lowest BCUT2D eigenvalue weighted by molar-refractivity contribution is -0.130. The van der Waals surface area contributed by atoms with E-state index in [1.165, 1.54) is 13.2 Å². The fourth-order valence-corrected chi connectivity index (χ4v) is 1.53. The molecule has 4 nitrogen and oxygen atoms in total. The second kappa shape index (κ2) is 5.20. The normalized spacial score (nSPS) is 9.69. The van der Waals surface area contributed by atoms with Gasteiger partial charge in [0.1, 0.15) is 5.75 Å². The van der Waals surface area contributed by atoms with Gasteiger partial charge in [-0.3, -0.25) is 0 Å². The number of halogens is 1. The maximum atomic E-state index is 11.3. The molecular formula is C11H11IO4. The molecule has 1 aromatic rings. The Labute approximate surface area is 107 Å². The number of hydrogen-bond donors (Lipinski definition) is 1. The van der Waals surface area contributed by atoms with Crippen LogP contribution in [0.15, 0.2) is 24.3 Å². The summed E-state index contributed by atoms with van der Waals surface area (Å²) in [5, 5.41) is 9.57. The monoisotopic (exact) mass is 334 g/mol. The first kappa shape index (κ1) is 12.8. The first-order valence-electron chi connectivity index (χ1n) is 4.40. The van der Waals surface area contributed by atoms with Crippen LogP contribution in [0, 0.1) is 3.57 Å². The number of hydrogen-bond acceptors (Lipinski definition) is 4. The molecule has 1 N–H and O–H groups in total. The van der Waals surface area contributed by atoms with Crippen molar-refractivity contribution < 1.29 is 19.4 Å². The Morgan fingerprint density at radius 3 is 2.62 bits per heavy atom. The van der Waals surface area contributed by atoms with Crippen molar-refractivity contribution in [3.63, 3.8) is 0 Å². The molecule has 0 aliphatic heterocycles. The van der Waals surface area contributed by atoms with E-state index in [1.54, 1.807) is 13.0 Å². The lowest BCUT2D eigenvalue weighted by Gasteiger charge is -2.09. The van der Waals surface area contributed by atoms with Gasteiger partial charge in [0.05, 0.1) is 10.7 Å². The van der Waals surface area contributed by atoms with Gasteiger partial charge in [0.25, 0.3) is 0 Å². The molecule has 0 aliphatic rings. The van der Waals surface area contributed by atoms with Crippen LogP contribution in [0.1, 0.15) is 6.92 Å². The molecule has 5 heteroatoms. The first-order valence-corrected chi connectivity index (χ1v) is 5.47. The fourth-order valence-electron chi connectivity index (χ4n) is 0.959. The molecule has 16 heavy (non-hydrogen) atoms. The summed E-state index contributed by atoms with van der Waals surface area (Å²) in [6.45, 7) is 5.04. The van der Waals surface area contributed by atoms with Gasteiger partial charge >= 0.3 is 5.97 Å². The number of phenolic OH excluding ortho intramolecular Hbond substituents is 1. The van der Waals surface area contributed by atoms with Crippen molar-refractivity contribution in [3.05, 3.63) is 27.9 Å². The van der Waals surface area contributed by atoms with Gasteiger partial charge in [0, 0.05) is 11.6 Å². The van der Waals surface area contributed by atoms with Gasteiger partial charge in [-0.1, -0.05) is 6.58 Å². The number of benzene rings is 1. The van der Waals surface area contributed by atoms with Crippen LogP contribution in [0.4, 0.5) is 0 Å². The summed E-state index contributed by atoms with van der Waals surface area (Å²) in [5.74, 6) is 0.0882. The first-order chi connectivity index (χ1) is 7.45. The van der Waals surface area contributed by atoms with Gasteiger partial charge in [-0.25, -0.2) is 4.79 Å². The number of esters is 1. The van der Waals surface area contributed by atoms with Crippen LogP contribution in [0.2, 0.25) is 0 Å². The average molecular weight is 334 g/mol. The molecule has 0 bridgehead atoms. The highest BCUT2D eigenvalue weighted by atomic mass is 127. The smallest absolute Gasteiger partial charge is 0.338 e. The summed E-state index contributed by atoms with van der Waals surface area (Å²) in [7, 11) is 1.43. The van der Waals surface area contributed by atoms with Crippen LogP contribution in [0.3, 0.4) is 0 Å². The number of aromatic hydroxyl groups is 1. The summed E-state index contributed by atoms with van der Waals surface area (Å²) in [6.07, 6.45) is 0. The molecule has 1 aromatic carbocycles. The van der Waals surface area contributed by atoms with E-state index < -0.39 is 5.97 Å². The van der Waals surface area contributed by atoms with Crippen molar-refractivity contribution in [2.45, 2.75) is 6.92 Å². The van der Waals surface area contributed by atoms with Crippen LogP contribution in [-0.2, 0) is 4.79 Å². The maximum absolute atomic E-state index is 11.3. The Morgan fingerprint density at radius 2 is 2.12 bits per heavy atom. The van der Waals surface area contributed by atoms with Crippen LogP contribution in [-0.4, -0.2) is 18.2 Å². The second-order valence-electron chi connectivity index (χ2n) is 3.13. The molecule has 1 rings (SSSR count). The third-order valence-electron chi connectivity index (χ3n) is 1.78. The number of methoxy groups -OCH3 is 1. The van der Waals surface area contributed by atoms with Crippen molar-refractivity contribution >= 4 is 28.6 Å². The Kier molecular flexibility index (Phi) is 4.17. The minimum atomic E-state index is -0.511. The zero-order valence-electron chi connectivity index (χ0n) is 8.91. The van der Waals surface area contributed by atoms with Gasteiger partial charge in [0.2, 0.25) is 0 Å². The van der Waals surface area contributed by atoms with Gasteiger partial charge in [0.15, 0.2) is 11.5 Å². The highest BCUT2D eigenvalue weighted by Crippen LogP contribution is 2.35. The third-order valence-corrected chi connectivity index (χ3v) is 2.60. The van der Waals surface area contributed by atoms with Crippen molar-refractivity contribution in [3.8, 4) is 17.2 Å². The van der Waals surface area contributed by atoms with Crippen molar-refractivity contribution in [2.75, 3.05) is 7.11 Å². The third kappa shape index (κ3) is 2.88. The largest absolute Gasteiger partial charge is 0.504 e. The number of carbonyl (C=O) groups is 1. The highest BCUT2D eigenvalue weighted by Gasteiger charge is 2.12. The molecule has 0 amide bonds. The molecule has 0 fully saturated rings. The topological polar surface area (TPSA) is 55.8 Å². The lowest BCUT2D eigenvalue weighted by atomic mass is 10.3. The molecule has 86 valence electrons. The van der Waals surface area contributed by atoms with Gasteiger partial charge in [-0.05, 0) is 35.6 Å². The predicted molar refractivity (Wildman–Crippen MR) is 67.8 cm³/mol. The molecule has 0 atom stereocenters. The molecule has 0 radical (unpaired) electrons. The Hall–Kier alpha value is -1.24. The molecular weight excluding hydrogens is 323 g/mol. The predicted octanol–water partition coefficient (Wildman–Crippen LogP) is 2.49. The van der Waals surface area contributed by atoms with Gasteiger partial charge in [-0.15, -0.1) is 0 Å². The van der Waals surface area contributed by atoms with Gasteiger partial charge in [-0.2, -0.15) is 0 Å². The van der Waals surface area contributed by atoms with E-state index in [0.717, 1.165) is 0 Å². The molecule has 0 aliphatic carbocycles. The Morgan fingerprint density at radius 1 is 1.50 bits per heavy atom. The number of rotatable bonds is 3. The van der Waals surface area contributed by atoms with Crippen LogP contribution >= 0.6 is 22.6 Å². The summed E-state index contributed by atoms with van der Waals surface area (Å²) >= 11 is 1.92. The number of ether oxygens (including phenoxy) is 2. The van der Waals surface area contributed by atoms with Crippen LogP contribution < -0.4 is 9.47 Å². The SMILES string of the molecule is C=C(C)C(=O)Oc1cc(I)c(O)c(OC)c1. The molecule has 0 heterocycles. The molecule has 0 spiro atoms. The lowest BCUT2D eigenvalue weighted by Crippen LogP contribution is -2.08. The molecule has 0 saturated heterocycles. The molecule has 0 unspecified atom stereocenters. The van der Waals surface area contributed by atoms with Gasteiger partial charge < -0.3 is 14.6 Å². The van der Waals surface area contributed by atoms with E-state index in [0.29, 0.717) is 14.9 Å². The second-order valence-corrected chi connectivity index (χ2v) is 4.29. The van der Waals surface area contributed by atoms with Crippen molar-refractivity contribution in [1.29, 1.82) is 0 Å². The number of carbonyl (C=O) groups excluding carboxylic acids is 1. The average Bonchev–Trinajstić information content (AvgIpc) is 2.22. The molecule has 0 aromatic heterocycles.